The minimum atomic E-state index is -0.0512. The highest BCUT2D eigenvalue weighted by atomic mass is 16.1. The molecule has 0 heterocycles. The molecule has 4 N–H and O–H groups in total. The number of hydrazine groups is 1. The van der Waals surface area contributed by atoms with Crippen LogP contribution in [0.15, 0.2) is 42.5 Å². The molecule has 0 unspecified atom stereocenters. The van der Waals surface area contributed by atoms with Crippen LogP contribution in [-0.4, -0.2) is 12.5 Å². The van der Waals surface area contributed by atoms with Crippen molar-refractivity contribution >= 4 is 11.6 Å². The van der Waals surface area contributed by atoms with Gasteiger partial charge in [-0.25, -0.2) is 0 Å². The summed E-state index contributed by atoms with van der Waals surface area (Å²) in [4.78, 5) is 12.2. The van der Waals surface area contributed by atoms with E-state index in [0.717, 1.165) is 17.7 Å². The van der Waals surface area contributed by atoms with Crippen LogP contribution in [0, 0.1) is 13.8 Å². The van der Waals surface area contributed by atoms with E-state index in [4.69, 9.17) is 5.84 Å². The van der Waals surface area contributed by atoms with Crippen molar-refractivity contribution in [2.75, 3.05) is 12.0 Å². The molecular formula is C17H21N3O. The van der Waals surface area contributed by atoms with E-state index in [-0.39, 0.29) is 5.91 Å². The Kier molecular flexibility index (Phi) is 4.95. The fraction of sp³-hybridized carbons (Fsp3) is 0.235. The lowest BCUT2D eigenvalue weighted by atomic mass is 10.1. The standard InChI is InChI=1S/C17H21N3O/c1-12-5-3-4-6-14(12)9-10-19-17(21)16-8-7-15(20-18)11-13(16)2/h3-8,11,20H,9-10,18H2,1-2H3,(H,19,21). The molecule has 4 nitrogen and oxygen atoms in total. The summed E-state index contributed by atoms with van der Waals surface area (Å²) in [6, 6.07) is 13.7. The van der Waals surface area contributed by atoms with Gasteiger partial charge in [0.25, 0.3) is 5.91 Å². The van der Waals surface area contributed by atoms with E-state index in [1.807, 2.05) is 25.1 Å². The van der Waals surface area contributed by atoms with Crippen molar-refractivity contribution in [2.45, 2.75) is 20.3 Å². The lowest BCUT2D eigenvalue weighted by molar-refractivity contribution is 0.0953. The largest absolute Gasteiger partial charge is 0.352 e. The first-order chi connectivity index (χ1) is 10.1. The SMILES string of the molecule is Cc1ccccc1CCNC(=O)c1ccc(NN)cc1C. The Bertz CT molecular complexity index is 638. The first-order valence-corrected chi connectivity index (χ1v) is 7.02. The molecule has 0 spiro atoms. The number of nitrogens with one attached hydrogen (secondary N) is 2. The van der Waals surface area contributed by atoms with Crippen molar-refractivity contribution in [1.29, 1.82) is 0 Å². The monoisotopic (exact) mass is 283 g/mol. The molecule has 1 amide bonds. The van der Waals surface area contributed by atoms with E-state index in [1.165, 1.54) is 11.1 Å². The van der Waals surface area contributed by atoms with Gasteiger partial charge in [-0.3, -0.25) is 10.6 Å². The van der Waals surface area contributed by atoms with Gasteiger partial charge < -0.3 is 10.7 Å². The van der Waals surface area contributed by atoms with Crippen molar-refractivity contribution < 1.29 is 4.79 Å². The Morgan fingerprint density at radius 1 is 1.10 bits per heavy atom. The molecule has 110 valence electrons. The average molecular weight is 283 g/mol. The highest BCUT2D eigenvalue weighted by Crippen LogP contribution is 2.14. The molecule has 0 aliphatic rings. The molecule has 2 aromatic rings. The quantitative estimate of drug-likeness (QED) is 0.583. The second-order valence-corrected chi connectivity index (χ2v) is 5.11. The van der Waals surface area contributed by atoms with E-state index in [0.29, 0.717) is 12.1 Å². The van der Waals surface area contributed by atoms with Crippen LogP contribution in [-0.2, 0) is 6.42 Å². The van der Waals surface area contributed by atoms with Crippen LogP contribution < -0.4 is 16.6 Å². The summed E-state index contributed by atoms with van der Waals surface area (Å²) in [5.41, 5.74) is 7.46. The summed E-state index contributed by atoms with van der Waals surface area (Å²) < 4.78 is 0. The lowest BCUT2D eigenvalue weighted by Crippen LogP contribution is -2.26. The number of nitrogens with two attached hydrogens (primary N) is 1. The van der Waals surface area contributed by atoms with Crippen LogP contribution in [0.25, 0.3) is 0 Å². The molecule has 0 saturated carbocycles. The smallest absolute Gasteiger partial charge is 0.251 e. The fourth-order valence-electron chi connectivity index (χ4n) is 2.30. The van der Waals surface area contributed by atoms with E-state index in [1.54, 1.807) is 12.1 Å². The fourth-order valence-corrected chi connectivity index (χ4v) is 2.30. The zero-order valence-electron chi connectivity index (χ0n) is 12.4. The average Bonchev–Trinajstić information content (AvgIpc) is 2.48. The van der Waals surface area contributed by atoms with E-state index < -0.39 is 0 Å². The Morgan fingerprint density at radius 3 is 2.52 bits per heavy atom. The number of aryl methyl sites for hydroxylation is 2. The van der Waals surface area contributed by atoms with Crippen molar-refractivity contribution in [3.8, 4) is 0 Å². The highest BCUT2D eigenvalue weighted by Gasteiger charge is 2.09. The Morgan fingerprint density at radius 2 is 1.86 bits per heavy atom. The maximum Gasteiger partial charge on any atom is 0.251 e. The summed E-state index contributed by atoms with van der Waals surface area (Å²) in [6.07, 6.45) is 0.833. The van der Waals surface area contributed by atoms with Crippen LogP contribution >= 0.6 is 0 Å². The second kappa shape index (κ2) is 6.90. The molecule has 0 saturated heterocycles. The van der Waals surface area contributed by atoms with Gasteiger partial charge in [0.1, 0.15) is 0 Å². The molecule has 0 bridgehead atoms. The Hall–Kier alpha value is -2.33. The van der Waals surface area contributed by atoms with Gasteiger partial charge in [-0.1, -0.05) is 24.3 Å². The van der Waals surface area contributed by atoms with Gasteiger partial charge in [0.2, 0.25) is 0 Å². The summed E-state index contributed by atoms with van der Waals surface area (Å²) in [7, 11) is 0. The number of hydrogen-bond acceptors (Lipinski definition) is 3. The normalized spacial score (nSPS) is 10.2. The van der Waals surface area contributed by atoms with E-state index in [9.17, 15) is 4.79 Å². The van der Waals surface area contributed by atoms with Crippen LogP contribution in [0.2, 0.25) is 0 Å². The van der Waals surface area contributed by atoms with Gasteiger partial charge in [-0.05, 0) is 55.2 Å². The van der Waals surface area contributed by atoms with Gasteiger partial charge >= 0.3 is 0 Å². The maximum atomic E-state index is 12.2. The van der Waals surface area contributed by atoms with Crippen molar-refractivity contribution in [3.05, 3.63) is 64.7 Å². The van der Waals surface area contributed by atoms with E-state index in [2.05, 4.69) is 29.8 Å². The first kappa shape index (κ1) is 15.1. The predicted molar refractivity (Wildman–Crippen MR) is 86.2 cm³/mol. The zero-order chi connectivity index (χ0) is 15.2. The summed E-state index contributed by atoms with van der Waals surface area (Å²) >= 11 is 0. The van der Waals surface area contributed by atoms with Crippen molar-refractivity contribution in [3.63, 3.8) is 0 Å². The number of amides is 1. The summed E-state index contributed by atoms with van der Waals surface area (Å²) in [6.45, 7) is 4.61. The van der Waals surface area contributed by atoms with E-state index >= 15 is 0 Å². The van der Waals surface area contributed by atoms with Gasteiger partial charge in [0, 0.05) is 17.8 Å². The second-order valence-electron chi connectivity index (χ2n) is 5.11. The summed E-state index contributed by atoms with van der Waals surface area (Å²) in [5.74, 6) is 5.30. The number of nitrogen functional groups attached to an aromatic ring is 1. The van der Waals surface area contributed by atoms with Crippen LogP contribution in [0.5, 0.6) is 0 Å². The highest BCUT2D eigenvalue weighted by molar-refractivity contribution is 5.96. The number of rotatable bonds is 5. The minimum absolute atomic E-state index is 0.0512. The van der Waals surface area contributed by atoms with Crippen molar-refractivity contribution in [1.82, 2.24) is 5.32 Å². The summed E-state index contributed by atoms with van der Waals surface area (Å²) in [5, 5.41) is 2.96. The number of carbonyl (C=O) groups excluding carboxylic acids is 1. The maximum absolute atomic E-state index is 12.2. The molecule has 0 atom stereocenters. The first-order valence-electron chi connectivity index (χ1n) is 7.02. The zero-order valence-corrected chi connectivity index (χ0v) is 12.4. The molecule has 21 heavy (non-hydrogen) atoms. The van der Waals surface area contributed by atoms with Crippen LogP contribution in [0.3, 0.4) is 0 Å². The number of carbonyl (C=O) groups is 1. The van der Waals surface area contributed by atoms with Gasteiger partial charge in [-0.2, -0.15) is 0 Å². The molecule has 0 aliphatic carbocycles. The molecular weight excluding hydrogens is 262 g/mol. The molecule has 2 rings (SSSR count). The molecule has 0 aromatic heterocycles. The lowest BCUT2D eigenvalue weighted by Gasteiger charge is -2.10. The molecule has 4 heteroatoms. The predicted octanol–water partition coefficient (Wildman–Crippen LogP) is 2.56. The van der Waals surface area contributed by atoms with Crippen molar-refractivity contribution in [2.24, 2.45) is 5.84 Å². The van der Waals surface area contributed by atoms with Gasteiger partial charge in [-0.15, -0.1) is 0 Å². The van der Waals surface area contributed by atoms with Crippen LogP contribution in [0.4, 0.5) is 5.69 Å². The van der Waals surface area contributed by atoms with Gasteiger partial charge in [0.05, 0.1) is 0 Å². The Balaban J connectivity index is 1.95. The topological polar surface area (TPSA) is 67.2 Å². The number of hydrogen-bond donors (Lipinski definition) is 3. The van der Waals surface area contributed by atoms with Gasteiger partial charge in [0.15, 0.2) is 0 Å². The minimum Gasteiger partial charge on any atom is -0.352 e. The Labute approximate surface area is 125 Å². The molecule has 0 radical (unpaired) electrons. The third-order valence-corrected chi connectivity index (χ3v) is 3.58. The number of benzene rings is 2. The van der Waals surface area contributed by atoms with Crippen LogP contribution in [0.1, 0.15) is 27.0 Å². The molecule has 2 aromatic carbocycles. The molecule has 0 fully saturated rings. The number of anilines is 1. The molecule has 0 aliphatic heterocycles. The third kappa shape index (κ3) is 3.83. The third-order valence-electron chi connectivity index (χ3n) is 3.58.